The van der Waals surface area contributed by atoms with E-state index >= 15 is 0 Å². The lowest BCUT2D eigenvalue weighted by molar-refractivity contribution is 0.357. The molecular weight excluding hydrogens is 198 g/mol. The van der Waals surface area contributed by atoms with E-state index in [4.69, 9.17) is 22.1 Å². The molecule has 0 radical (unpaired) electrons. The molecule has 2 nitrogen and oxygen atoms in total. The van der Waals surface area contributed by atoms with Crippen LogP contribution in [0.25, 0.3) is 0 Å². The zero-order chi connectivity index (χ0) is 10.4. The van der Waals surface area contributed by atoms with Gasteiger partial charge in [-0.3, -0.25) is 0 Å². The summed E-state index contributed by atoms with van der Waals surface area (Å²) in [6, 6.07) is 7.71. The fourth-order valence-electron chi connectivity index (χ4n) is 1.16. The van der Waals surface area contributed by atoms with Crippen LogP contribution in [0, 0.1) is 0 Å². The Morgan fingerprint density at radius 3 is 2.86 bits per heavy atom. The molecule has 0 saturated carbocycles. The molecule has 0 heterocycles. The third-order valence-electron chi connectivity index (χ3n) is 1.83. The number of halogens is 1. The summed E-state index contributed by atoms with van der Waals surface area (Å²) in [5.74, 6) is 0.817. The van der Waals surface area contributed by atoms with Crippen molar-refractivity contribution in [3.05, 3.63) is 41.4 Å². The van der Waals surface area contributed by atoms with Crippen LogP contribution >= 0.6 is 11.6 Å². The van der Waals surface area contributed by atoms with Crippen molar-refractivity contribution in [3.63, 3.8) is 0 Å². The maximum Gasteiger partial charge on any atom is 0.124 e. The molecule has 0 aliphatic rings. The highest BCUT2D eigenvalue weighted by molar-refractivity contribution is 6.25. The van der Waals surface area contributed by atoms with Crippen LogP contribution in [-0.4, -0.2) is 6.61 Å². The summed E-state index contributed by atoms with van der Waals surface area (Å²) in [5.41, 5.74) is 8.24. The quantitative estimate of drug-likeness (QED) is 0.831. The molecule has 1 aromatic rings. The van der Waals surface area contributed by atoms with Crippen molar-refractivity contribution in [2.24, 2.45) is 5.73 Å². The number of nitrogens with two attached hydrogens (primary N) is 1. The smallest absolute Gasteiger partial charge is 0.124 e. The first-order chi connectivity index (χ1) is 6.75. The molecule has 0 bridgehead atoms. The van der Waals surface area contributed by atoms with Crippen LogP contribution in [0.1, 0.15) is 18.5 Å². The van der Waals surface area contributed by atoms with Gasteiger partial charge in [0.25, 0.3) is 0 Å². The molecule has 0 spiro atoms. The van der Waals surface area contributed by atoms with Crippen LogP contribution < -0.4 is 10.5 Å². The topological polar surface area (TPSA) is 35.2 Å². The van der Waals surface area contributed by atoms with Gasteiger partial charge in [-0.1, -0.05) is 29.8 Å². The summed E-state index contributed by atoms with van der Waals surface area (Å²) in [6.45, 7) is 2.40. The van der Waals surface area contributed by atoms with Crippen molar-refractivity contribution in [1.82, 2.24) is 0 Å². The van der Waals surface area contributed by atoms with Gasteiger partial charge in [0.2, 0.25) is 0 Å². The summed E-state index contributed by atoms with van der Waals surface area (Å²) in [5, 5.41) is 0. The Kier molecular flexibility index (Phi) is 4.50. The van der Waals surface area contributed by atoms with Crippen molar-refractivity contribution in [2.45, 2.75) is 13.0 Å². The molecule has 0 saturated heterocycles. The summed E-state index contributed by atoms with van der Waals surface area (Å²) >= 11 is 5.38. The van der Waals surface area contributed by atoms with Gasteiger partial charge in [-0.05, 0) is 19.1 Å². The predicted octanol–water partition coefficient (Wildman–Crippen LogP) is 2.84. The number of ether oxygens (including phenoxy) is 1. The second-order valence-corrected chi connectivity index (χ2v) is 3.25. The second-order valence-electron chi connectivity index (χ2n) is 3.00. The number of benzene rings is 1. The zero-order valence-corrected chi connectivity index (χ0v) is 8.87. The van der Waals surface area contributed by atoms with Crippen LogP contribution in [-0.2, 0) is 0 Å². The number of para-hydroxylation sites is 1. The first-order valence-electron chi connectivity index (χ1n) is 4.48. The van der Waals surface area contributed by atoms with Gasteiger partial charge in [0, 0.05) is 17.1 Å². The van der Waals surface area contributed by atoms with Gasteiger partial charge in [-0.25, -0.2) is 0 Å². The standard InChI is InChI=1S/C11H14ClNO/c1-9(13)10-5-2-3-6-11(10)14-8-4-7-12/h2-7,9H,8,13H2,1H3/b7-4+. The Balaban J connectivity index is 2.74. The lowest BCUT2D eigenvalue weighted by Gasteiger charge is -2.12. The van der Waals surface area contributed by atoms with E-state index in [-0.39, 0.29) is 6.04 Å². The minimum Gasteiger partial charge on any atom is -0.489 e. The van der Waals surface area contributed by atoms with Crippen LogP contribution in [0.2, 0.25) is 0 Å². The van der Waals surface area contributed by atoms with Gasteiger partial charge in [0.1, 0.15) is 12.4 Å². The SMILES string of the molecule is CC(N)c1ccccc1OC/C=C/Cl. The highest BCUT2D eigenvalue weighted by Gasteiger charge is 2.05. The Bertz CT molecular complexity index is 310. The fraction of sp³-hybridized carbons (Fsp3) is 0.273. The number of hydrogen-bond acceptors (Lipinski definition) is 2. The lowest BCUT2D eigenvalue weighted by Crippen LogP contribution is -2.07. The summed E-state index contributed by atoms with van der Waals surface area (Å²) < 4.78 is 5.49. The van der Waals surface area contributed by atoms with Gasteiger partial charge in [-0.2, -0.15) is 0 Å². The largest absolute Gasteiger partial charge is 0.489 e. The average Bonchev–Trinajstić information content (AvgIpc) is 2.19. The first kappa shape index (κ1) is 11.1. The molecule has 76 valence electrons. The molecular formula is C11H14ClNO. The Morgan fingerprint density at radius 1 is 1.50 bits per heavy atom. The van der Waals surface area contributed by atoms with Crippen molar-refractivity contribution in [3.8, 4) is 5.75 Å². The Labute approximate surface area is 89.3 Å². The molecule has 2 N–H and O–H groups in total. The van der Waals surface area contributed by atoms with E-state index in [9.17, 15) is 0 Å². The molecule has 0 aliphatic carbocycles. The lowest BCUT2D eigenvalue weighted by atomic mass is 10.1. The highest BCUT2D eigenvalue weighted by atomic mass is 35.5. The summed E-state index contributed by atoms with van der Waals surface area (Å²) in [6.07, 6.45) is 1.74. The zero-order valence-electron chi connectivity index (χ0n) is 8.11. The van der Waals surface area contributed by atoms with Gasteiger partial charge in [0.15, 0.2) is 0 Å². The normalized spacial score (nSPS) is 13.1. The minimum atomic E-state index is -0.0221. The van der Waals surface area contributed by atoms with Crippen molar-refractivity contribution in [2.75, 3.05) is 6.61 Å². The van der Waals surface area contributed by atoms with Gasteiger partial charge < -0.3 is 10.5 Å². The molecule has 1 aromatic carbocycles. The van der Waals surface area contributed by atoms with E-state index in [0.29, 0.717) is 6.61 Å². The molecule has 1 rings (SSSR count). The molecule has 0 amide bonds. The third-order valence-corrected chi connectivity index (χ3v) is 2.01. The van der Waals surface area contributed by atoms with E-state index in [0.717, 1.165) is 11.3 Å². The minimum absolute atomic E-state index is 0.0221. The first-order valence-corrected chi connectivity index (χ1v) is 4.92. The predicted molar refractivity (Wildman–Crippen MR) is 59.5 cm³/mol. The maximum absolute atomic E-state index is 5.79. The molecule has 14 heavy (non-hydrogen) atoms. The van der Waals surface area contributed by atoms with Crippen molar-refractivity contribution in [1.29, 1.82) is 0 Å². The third kappa shape index (κ3) is 3.05. The van der Waals surface area contributed by atoms with E-state index < -0.39 is 0 Å². The van der Waals surface area contributed by atoms with Crippen molar-refractivity contribution >= 4 is 11.6 Å². The molecule has 3 heteroatoms. The monoisotopic (exact) mass is 211 g/mol. The number of rotatable bonds is 4. The second kappa shape index (κ2) is 5.68. The van der Waals surface area contributed by atoms with E-state index in [1.54, 1.807) is 6.08 Å². The maximum atomic E-state index is 5.79. The summed E-state index contributed by atoms with van der Waals surface area (Å²) in [4.78, 5) is 0. The van der Waals surface area contributed by atoms with E-state index in [1.807, 2.05) is 31.2 Å². The molecule has 1 unspecified atom stereocenters. The Morgan fingerprint density at radius 2 is 2.21 bits per heavy atom. The molecule has 0 aliphatic heterocycles. The Hall–Kier alpha value is -0.990. The summed E-state index contributed by atoms with van der Waals surface area (Å²) in [7, 11) is 0. The van der Waals surface area contributed by atoms with E-state index in [1.165, 1.54) is 5.54 Å². The molecule has 0 aromatic heterocycles. The number of hydrogen-bond donors (Lipinski definition) is 1. The van der Waals surface area contributed by atoms with Crippen LogP contribution in [0.15, 0.2) is 35.9 Å². The van der Waals surface area contributed by atoms with Crippen LogP contribution in [0.3, 0.4) is 0 Å². The molecule has 1 atom stereocenters. The fourth-order valence-corrected chi connectivity index (χ4v) is 1.24. The average molecular weight is 212 g/mol. The van der Waals surface area contributed by atoms with E-state index in [2.05, 4.69) is 0 Å². The van der Waals surface area contributed by atoms with Gasteiger partial charge in [0.05, 0.1) is 0 Å². The van der Waals surface area contributed by atoms with Gasteiger partial charge in [-0.15, -0.1) is 0 Å². The highest BCUT2D eigenvalue weighted by Crippen LogP contribution is 2.22. The van der Waals surface area contributed by atoms with Crippen LogP contribution in [0.5, 0.6) is 5.75 Å². The van der Waals surface area contributed by atoms with Gasteiger partial charge >= 0.3 is 0 Å². The van der Waals surface area contributed by atoms with Crippen LogP contribution in [0.4, 0.5) is 0 Å². The van der Waals surface area contributed by atoms with Crippen molar-refractivity contribution < 1.29 is 4.74 Å². The molecule has 0 fully saturated rings.